The topological polar surface area (TPSA) is 59.3 Å². The van der Waals surface area contributed by atoms with E-state index in [-0.39, 0.29) is 11.4 Å². The molecule has 4 rings (SSSR count). The maximum atomic E-state index is 13.2. The second kappa shape index (κ2) is 7.44. The summed E-state index contributed by atoms with van der Waals surface area (Å²) in [5.41, 5.74) is 5.65. The molecule has 0 amide bonds. The molecule has 3 aromatic carbocycles. The molecule has 0 aliphatic carbocycles. The zero-order valence-corrected chi connectivity index (χ0v) is 15.1. The van der Waals surface area contributed by atoms with Crippen LogP contribution in [0.4, 0.5) is 10.3 Å². The Kier molecular flexibility index (Phi) is 4.68. The van der Waals surface area contributed by atoms with Crippen molar-refractivity contribution in [2.24, 2.45) is 5.10 Å². The SMILES string of the molecule is Cc1ccccc1-n1c(N/N=C/c2ccc(F)cc2)nc2ccccc2c1=O. The minimum absolute atomic E-state index is 0.181. The van der Waals surface area contributed by atoms with Crippen molar-refractivity contribution in [3.05, 3.63) is 100 Å². The molecule has 5 nitrogen and oxygen atoms in total. The Bertz CT molecular complexity index is 1230. The van der Waals surface area contributed by atoms with Gasteiger partial charge in [0, 0.05) is 0 Å². The van der Waals surface area contributed by atoms with Crippen LogP contribution in [0.25, 0.3) is 16.6 Å². The summed E-state index contributed by atoms with van der Waals surface area (Å²) in [4.78, 5) is 17.7. The van der Waals surface area contributed by atoms with Crippen LogP contribution in [0.2, 0.25) is 0 Å². The number of halogens is 1. The number of aromatic nitrogens is 2. The molecule has 0 fully saturated rings. The van der Waals surface area contributed by atoms with Gasteiger partial charge < -0.3 is 0 Å². The van der Waals surface area contributed by atoms with Crippen LogP contribution in [0.1, 0.15) is 11.1 Å². The van der Waals surface area contributed by atoms with Crippen LogP contribution in [0.3, 0.4) is 0 Å². The molecule has 0 spiro atoms. The molecule has 0 aliphatic heterocycles. The van der Waals surface area contributed by atoms with E-state index in [9.17, 15) is 9.18 Å². The van der Waals surface area contributed by atoms with Crippen molar-refractivity contribution in [3.8, 4) is 5.69 Å². The Morgan fingerprint density at radius 1 is 1.00 bits per heavy atom. The number of para-hydroxylation sites is 2. The summed E-state index contributed by atoms with van der Waals surface area (Å²) < 4.78 is 14.6. The lowest BCUT2D eigenvalue weighted by Gasteiger charge is -2.14. The molecule has 0 aliphatic rings. The molecule has 6 heteroatoms. The lowest BCUT2D eigenvalue weighted by Crippen LogP contribution is -2.23. The molecule has 0 unspecified atom stereocenters. The highest BCUT2D eigenvalue weighted by atomic mass is 19.1. The van der Waals surface area contributed by atoms with Gasteiger partial charge in [0.2, 0.25) is 5.95 Å². The van der Waals surface area contributed by atoms with E-state index in [0.717, 1.165) is 16.8 Å². The highest BCUT2D eigenvalue weighted by Crippen LogP contribution is 2.19. The maximum Gasteiger partial charge on any atom is 0.267 e. The third kappa shape index (κ3) is 3.40. The number of rotatable bonds is 4. The molecule has 0 radical (unpaired) electrons. The maximum absolute atomic E-state index is 13.2. The Morgan fingerprint density at radius 2 is 1.71 bits per heavy atom. The quantitative estimate of drug-likeness (QED) is 0.430. The first kappa shape index (κ1) is 17.6. The van der Waals surface area contributed by atoms with Crippen LogP contribution in [0.5, 0.6) is 0 Å². The van der Waals surface area contributed by atoms with Crippen molar-refractivity contribution in [1.29, 1.82) is 0 Å². The van der Waals surface area contributed by atoms with E-state index >= 15 is 0 Å². The second-order valence-corrected chi connectivity index (χ2v) is 6.30. The van der Waals surface area contributed by atoms with Gasteiger partial charge in [-0.15, -0.1) is 0 Å². The second-order valence-electron chi connectivity index (χ2n) is 6.30. The Balaban J connectivity index is 1.82. The summed E-state index contributed by atoms with van der Waals surface area (Å²) >= 11 is 0. The molecule has 0 saturated carbocycles. The molecular weight excluding hydrogens is 355 g/mol. The first-order chi connectivity index (χ1) is 13.6. The van der Waals surface area contributed by atoms with E-state index in [1.54, 1.807) is 30.5 Å². The van der Waals surface area contributed by atoms with Crippen molar-refractivity contribution in [2.45, 2.75) is 6.92 Å². The predicted octanol–water partition coefficient (Wildman–Crippen LogP) is 4.28. The van der Waals surface area contributed by atoms with E-state index in [1.165, 1.54) is 16.7 Å². The summed E-state index contributed by atoms with van der Waals surface area (Å²) in [5.74, 6) is -0.00828. The molecular formula is C22H17FN4O. The smallest absolute Gasteiger partial charge is 0.267 e. The van der Waals surface area contributed by atoms with E-state index < -0.39 is 0 Å². The molecule has 0 saturated heterocycles. The fourth-order valence-electron chi connectivity index (χ4n) is 2.96. The predicted molar refractivity (Wildman–Crippen MR) is 110 cm³/mol. The minimum atomic E-state index is -0.310. The van der Waals surface area contributed by atoms with Crippen LogP contribution in [0, 0.1) is 12.7 Å². The van der Waals surface area contributed by atoms with Gasteiger partial charge in [0.25, 0.3) is 5.56 Å². The van der Waals surface area contributed by atoms with Gasteiger partial charge in [-0.05, 0) is 48.4 Å². The number of fused-ring (bicyclic) bond motifs is 1. The van der Waals surface area contributed by atoms with Gasteiger partial charge in [0.05, 0.1) is 22.8 Å². The molecule has 1 aromatic heterocycles. The van der Waals surface area contributed by atoms with E-state index in [2.05, 4.69) is 15.5 Å². The van der Waals surface area contributed by atoms with Gasteiger partial charge >= 0.3 is 0 Å². The third-order valence-electron chi connectivity index (χ3n) is 4.38. The lowest BCUT2D eigenvalue weighted by atomic mass is 10.2. The zero-order chi connectivity index (χ0) is 19.5. The number of nitrogens with zero attached hydrogens (tertiary/aromatic N) is 3. The van der Waals surface area contributed by atoms with Gasteiger partial charge in [-0.2, -0.15) is 5.10 Å². The van der Waals surface area contributed by atoms with Crippen LogP contribution in [-0.4, -0.2) is 15.8 Å². The Hall–Kier alpha value is -3.80. The zero-order valence-electron chi connectivity index (χ0n) is 15.1. The largest absolute Gasteiger partial charge is 0.268 e. The first-order valence-corrected chi connectivity index (χ1v) is 8.76. The number of hydrogen-bond acceptors (Lipinski definition) is 4. The summed E-state index contributed by atoms with van der Waals surface area (Å²) in [7, 11) is 0. The summed E-state index contributed by atoms with van der Waals surface area (Å²) in [6, 6.07) is 20.7. The van der Waals surface area contributed by atoms with Crippen molar-refractivity contribution in [1.82, 2.24) is 9.55 Å². The number of anilines is 1. The fourth-order valence-corrected chi connectivity index (χ4v) is 2.96. The highest BCUT2D eigenvalue weighted by molar-refractivity contribution is 5.81. The van der Waals surface area contributed by atoms with Crippen LogP contribution in [0.15, 0.2) is 82.7 Å². The number of nitrogens with one attached hydrogen (secondary N) is 1. The molecule has 0 bridgehead atoms. The Morgan fingerprint density at radius 3 is 2.50 bits per heavy atom. The Labute approximate surface area is 160 Å². The summed E-state index contributed by atoms with van der Waals surface area (Å²) in [6.07, 6.45) is 1.54. The lowest BCUT2D eigenvalue weighted by molar-refractivity contribution is 0.628. The van der Waals surface area contributed by atoms with Crippen LogP contribution >= 0.6 is 0 Å². The number of aryl methyl sites for hydroxylation is 1. The normalized spacial score (nSPS) is 11.2. The van der Waals surface area contributed by atoms with Crippen molar-refractivity contribution in [3.63, 3.8) is 0 Å². The molecule has 138 valence electrons. The van der Waals surface area contributed by atoms with Gasteiger partial charge in [0.15, 0.2) is 0 Å². The average Bonchev–Trinajstić information content (AvgIpc) is 2.71. The van der Waals surface area contributed by atoms with Gasteiger partial charge in [-0.3, -0.25) is 4.79 Å². The average molecular weight is 372 g/mol. The van der Waals surface area contributed by atoms with Crippen molar-refractivity contribution >= 4 is 23.1 Å². The van der Waals surface area contributed by atoms with Crippen LogP contribution < -0.4 is 11.0 Å². The summed E-state index contributed by atoms with van der Waals surface area (Å²) in [5, 5.41) is 4.71. The van der Waals surface area contributed by atoms with Gasteiger partial charge in [-0.1, -0.05) is 42.5 Å². The summed E-state index contributed by atoms with van der Waals surface area (Å²) in [6.45, 7) is 1.93. The number of hydrazone groups is 1. The molecule has 0 atom stereocenters. The fraction of sp³-hybridized carbons (Fsp3) is 0.0455. The molecule has 4 aromatic rings. The van der Waals surface area contributed by atoms with Gasteiger partial charge in [-0.25, -0.2) is 19.4 Å². The number of hydrogen-bond donors (Lipinski definition) is 1. The molecule has 28 heavy (non-hydrogen) atoms. The van der Waals surface area contributed by atoms with Crippen molar-refractivity contribution < 1.29 is 4.39 Å². The third-order valence-corrected chi connectivity index (χ3v) is 4.38. The van der Waals surface area contributed by atoms with Crippen LogP contribution in [-0.2, 0) is 0 Å². The van der Waals surface area contributed by atoms with E-state index in [0.29, 0.717) is 16.9 Å². The number of benzene rings is 3. The van der Waals surface area contributed by atoms with E-state index in [4.69, 9.17) is 0 Å². The monoisotopic (exact) mass is 372 g/mol. The van der Waals surface area contributed by atoms with E-state index in [1.807, 2.05) is 43.3 Å². The van der Waals surface area contributed by atoms with Gasteiger partial charge in [0.1, 0.15) is 5.82 Å². The first-order valence-electron chi connectivity index (χ1n) is 8.76. The highest BCUT2D eigenvalue weighted by Gasteiger charge is 2.13. The molecule has 1 N–H and O–H groups in total. The minimum Gasteiger partial charge on any atom is -0.268 e. The van der Waals surface area contributed by atoms with Crippen molar-refractivity contribution in [2.75, 3.05) is 5.43 Å². The molecule has 1 heterocycles. The standard InChI is InChI=1S/C22H17FN4O/c1-15-6-2-5-9-20(15)27-21(28)18-7-3-4-8-19(18)25-22(27)26-24-14-16-10-12-17(23)13-11-16/h2-14H,1H3,(H,25,26)/b24-14+.